The Hall–Kier alpha value is -4.31. The fraction of sp³-hybridized carbons (Fsp3) is 0.129. The van der Waals surface area contributed by atoms with E-state index in [0.29, 0.717) is 0 Å². The first-order valence-corrected chi connectivity index (χ1v) is 11.8. The van der Waals surface area contributed by atoms with Crippen LogP contribution in [0.4, 0.5) is 17.1 Å². The molecule has 4 heteroatoms. The molecule has 6 rings (SSSR count). The van der Waals surface area contributed by atoms with Crippen LogP contribution in [0, 0.1) is 0 Å². The molecule has 1 heterocycles. The zero-order valence-electron chi connectivity index (χ0n) is 20.4. The number of benzene rings is 4. The zero-order valence-corrected chi connectivity index (χ0v) is 20.4. The quantitative estimate of drug-likeness (QED) is 0.332. The summed E-state index contributed by atoms with van der Waals surface area (Å²) in [5.74, 6) is 0.238. The Kier molecular flexibility index (Phi) is 4.78. The fourth-order valence-corrected chi connectivity index (χ4v) is 5.13. The van der Waals surface area contributed by atoms with Gasteiger partial charge >= 0.3 is 0 Å². The van der Waals surface area contributed by atoms with Crippen molar-refractivity contribution in [2.45, 2.75) is 0 Å². The molecule has 4 nitrogen and oxygen atoms in total. The monoisotopic (exact) mass is 457 g/mol. The standard InChI is InChI=1S/C31H27N3O/c1-33(2)19-13-15-21-25(17-19)26-18-20(34(3)4)14-16-22(26)29(21)30-23-9-5-7-11-27(23)32-31(30)24-10-6-8-12-28(24)35/h5-18,35H,1-4H3. The number of fused-ring (bicyclic) bond motifs is 4. The maximum atomic E-state index is 10.8. The number of aromatic hydroxyl groups is 1. The lowest BCUT2D eigenvalue weighted by Crippen LogP contribution is -2.09. The van der Waals surface area contributed by atoms with E-state index in [1.165, 1.54) is 22.3 Å². The lowest BCUT2D eigenvalue weighted by Gasteiger charge is -2.15. The second kappa shape index (κ2) is 7.88. The Balaban J connectivity index is 1.72. The minimum atomic E-state index is 0.238. The molecule has 0 spiro atoms. The molecule has 1 aliphatic carbocycles. The van der Waals surface area contributed by atoms with E-state index >= 15 is 0 Å². The topological polar surface area (TPSA) is 39.1 Å². The summed E-state index contributed by atoms with van der Waals surface area (Å²) in [7, 11) is 8.29. The molecule has 1 N–H and O–H groups in total. The first kappa shape index (κ1) is 21.2. The van der Waals surface area contributed by atoms with Crippen LogP contribution >= 0.6 is 0 Å². The van der Waals surface area contributed by atoms with Gasteiger partial charge in [-0.2, -0.15) is 0 Å². The summed E-state index contributed by atoms with van der Waals surface area (Å²) >= 11 is 0. The number of nitrogens with zero attached hydrogens (tertiary/aromatic N) is 3. The molecule has 0 fully saturated rings. The van der Waals surface area contributed by atoms with Crippen LogP contribution in [0.1, 0.15) is 22.3 Å². The molecule has 35 heavy (non-hydrogen) atoms. The van der Waals surface area contributed by atoms with Crippen LogP contribution in [-0.2, 0) is 0 Å². The van der Waals surface area contributed by atoms with Crippen molar-refractivity contribution in [2.24, 2.45) is 4.99 Å². The minimum absolute atomic E-state index is 0.238. The van der Waals surface area contributed by atoms with Crippen LogP contribution < -0.4 is 9.80 Å². The van der Waals surface area contributed by atoms with Crippen molar-refractivity contribution in [1.29, 1.82) is 0 Å². The molecule has 172 valence electrons. The van der Waals surface area contributed by atoms with E-state index in [2.05, 4.69) is 86.5 Å². The molecule has 1 aliphatic heterocycles. The summed E-state index contributed by atoms with van der Waals surface area (Å²) in [5, 5.41) is 10.8. The van der Waals surface area contributed by atoms with Crippen LogP contribution in [0.5, 0.6) is 5.75 Å². The Morgan fingerprint density at radius 1 is 0.543 bits per heavy atom. The van der Waals surface area contributed by atoms with Crippen molar-refractivity contribution in [1.82, 2.24) is 0 Å². The van der Waals surface area contributed by atoms with E-state index in [4.69, 9.17) is 4.99 Å². The van der Waals surface area contributed by atoms with E-state index in [9.17, 15) is 5.11 Å². The van der Waals surface area contributed by atoms with Crippen LogP contribution in [-0.4, -0.2) is 39.0 Å². The lowest BCUT2D eigenvalue weighted by atomic mass is 9.88. The van der Waals surface area contributed by atoms with Gasteiger partial charge in [0.05, 0.1) is 11.4 Å². The molecule has 0 saturated carbocycles. The van der Waals surface area contributed by atoms with Gasteiger partial charge in [0.1, 0.15) is 5.75 Å². The second-order valence-electron chi connectivity index (χ2n) is 9.49. The third-order valence-electron chi connectivity index (χ3n) is 6.92. The van der Waals surface area contributed by atoms with Crippen molar-refractivity contribution >= 4 is 33.9 Å². The van der Waals surface area contributed by atoms with Gasteiger partial charge < -0.3 is 14.9 Å². The largest absolute Gasteiger partial charge is 0.507 e. The van der Waals surface area contributed by atoms with E-state index < -0.39 is 0 Å². The maximum Gasteiger partial charge on any atom is 0.124 e. The van der Waals surface area contributed by atoms with Gasteiger partial charge in [-0.15, -0.1) is 0 Å². The summed E-state index contributed by atoms with van der Waals surface area (Å²) in [6.45, 7) is 0. The number of para-hydroxylation sites is 2. The van der Waals surface area contributed by atoms with Crippen molar-refractivity contribution in [2.75, 3.05) is 38.0 Å². The molecule has 0 amide bonds. The number of allylic oxidation sites excluding steroid dienone is 1. The van der Waals surface area contributed by atoms with E-state index in [-0.39, 0.29) is 5.75 Å². The number of phenolic OH excluding ortho intramolecular Hbond substituents is 1. The van der Waals surface area contributed by atoms with Crippen LogP contribution in [0.3, 0.4) is 0 Å². The number of hydrogen-bond acceptors (Lipinski definition) is 4. The highest BCUT2D eigenvalue weighted by Gasteiger charge is 2.33. The van der Waals surface area contributed by atoms with Gasteiger partial charge in [-0.1, -0.05) is 42.5 Å². The number of phenols is 1. The van der Waals surface area contributed by atoms with Crippen LogP contribution in [0.25, 0.3) is 22.3 Å². The predicted octanol–water partition coefficient (Wildman–Crippen LogP) is 6.60. The third-order valence-corrected chi connectivity index (χ3v) is 6.92. The molecular formula is C31H27N3O. The van der Waals surface area contributed by atoms with Crippen LogP contribution in [0.2, 0.25) is 0 Å². The highest BCUT2D eigenvalue weighted by Crippen LogP contribution is 2.52. The molecule has 4 aromatic rings. The van der Waals surface area contributed by atoms with E-state index in [1.807, 2.05) is 30.3 Å². The molecule has 0 saturated heterocycles. The van der Waals surface area contributed by atoms with Gasteiger partial charge in [0.15, 0.2) is 0 Å². The van der Waals surface area contributed by atoms with E-state index in [1.54, 1.807) is 6.07 Å². The van der Waals surface area contributed by atoms with Gasteiger partial charge in [0, 0.05) is 61.8 Å². The molecule has 4 aromatic carbocycles. The highest BCUT2D eigenvalue weighted by molar-refractivity contribution is 6.43. The summed E-state index contributed by atoms with van der Waals surface area (Å²) in [6, 6.07) is 29.1. The van der Waals surface area contributed by atoms with Crippen LogP contribution in [0.15, 0.2) is 89.9 Å². The van der Waals surface area contributed by atoms with Gasteiger partial charge in [0.2, 0.25) is 0 Å². The smallest absolute Gasteiger partial charge is 0.124 e. The first-order chi connectivity index (χ1) is 16.9. The highest BCUT2D eigenvalue weighted by atomic mass is 16.3. The Morgan fingerprint density at radius 3 is 1.66 bits per heavy atom. The third kappa shape index (κ3) is 3.25. The molecule has 0 bridgehead atoms. The maximum absolute atomic E-state index is 10.8. The zero-order chi connectivity index (χ0) is 24.3. The van der Waals surface area contributed by atoms with Crippen molar-refractivity contribution < 1.29 is 5.11 Å². The Morgan fingerprint density at radius 2 is 1.09 bits per heavy atom. The van der Waals surface area contributed by atoms with Crippen molar-refractivity contribution in [3.63, 3.8) is 0 Å². The number of aliphatic imine (C=N–C) groups is 1. The second-order valence-corrected chi connectivity index (χ2v) is 9.49. The molecule has 0 unspecified atom stereocenters. The average Bonchev–Trinajstić information content (AvgIpc) is 3.38. The summed E-state index contributed by atoms with van der Waals surface area (Å²) in [6.07, 6.45) is 0. The summed E-state index contributed by atoms with van der Waals surface area (Å²) < 4.78 is 0. The fourth-order valence-electron chi connectivity index (χ4n) is 5.13. The summed E-state index contributed by atoms with van der Waals surface area (Å²) in [4.78, 5) is 9.31. The van der Waals surface area contributed by atoms with Crippen molar-refractivity contribution in [3.05, 3.63) is 107 Å². The molecule has 2 aliphatic rings. The first-order valence-electron chi connectivity index (χ1n) is 11.8. The SMILES string of the molecule is CN(C)c1ccc2c(c1)-c1cc(N(C)C)ccc1C2=C1C(c2ccccc2O)=Nc2ccccc21. The van der Waals surface area contributed by atoms with Crippen molar-refractivity contribution in [3.8, 4) is 16.9 Å². The van der Waals surface area contributed by atoms with Gasteiger partial charge in [-0.25, -0.2) is 4.99 Å². The van der Waals surface area contributed by atoms with E-state index in [0.717, 1.165) is 45.0 Å². The predicted molar refractivity (Wildman–Crippen MR) is 147 cm³/mol. The number of rotatable bonds is 3. The number of anilines is 2. The van der Waals surface area contributed by atoms with Gasteiger partial charge in [-0.05, 0) is 64.7 Å². The molecule has 0 radical (unpaired) electrons. The Bertz CT molecular complexity index is 1500. The number of hydrogen-bond donors (Lipinski definition) is 1. The minimum Gasteiger partial charge on any atom is -0.507 e. The average molecular weight is 458 g/mol. The van der Waals surface area contributed by atoms with Gasteiger partial charge in [-0.3, -0.25) is 0 Å². The lowest BCUT2D eigenvalue weighted by molar-refractivity contribution is 0.474. The molecule has 0 atom stereocenters. The molecular weight excluding hydrogens is 430 g/mol. The van der Waals surface area contributed by atoms with Gasteiger partial charge in [0.25, 0.3) is 0 Å². The molecule has 0 aromatic heterocycles. The Labute approximate surface area is 206 Å². The summed E-state index contributed by atoms with van der Waals surface area (Å²) in [5.41, 5.74) is 13.0. The normalized spacial score (nSPS) is 13.3.